The second-order valence-corrected chi connectivity index (χ2v) is 17.0. The number of carbonyl (C=O) groups is 2. The zero-order valence-electron chi connectivity index (χ0n) is 22.1. The van der Waals surface area contributed by atoms with Crippen molar-refractivity contribution < 1.29 is 9.59 Å². The standard InChI is InChI=1S/C33H34O2Si/c1-20(2)36(21(3)4,22(5)6)27-15-13-23-11-12-24(17-26(23)18-27)25-14-16-30-31(19-25)33(35)29-10-8-7-9-28(29)32(30)34/h7-22H,1-6H3. The molecule has 36 heavy (non-hydrogen) atoms. The molecule has 0 saturated carbocycles. The molecule has 0 amide bonds. The summed E-state index contributed by atoms with van der Waals surface area (Å²) in [4.78, 5) is 26.3. The van der Waals surface area contributed by atoms with Gasteiger partial charge in [-0.3, -0.25) is 9.59 Å². The molecule has 4 aromatic rings. The Labute approximate surface area is 215 Å². The number of fused-ring (bicyclic) bond motifs is 3. The van der Waals surface area contributed by atoms with E-state index >= 15 is 0 Å². The van der Waals surface area contributed by atoms with Gasteiger partial charge >= 0.3 is 0 Å². The Morgan fingerprint density at radius 3 is 1.61 bits per heavy atom. The third kappa shape index (κ3) is 3.60. The predicted octanol–water partition coefficient (Wildman–Crippen LogP) is 8.17. The first-order valence-corrected chi connectivity index (χ1v) is 15.3. The lowest BCUT2D eigenvalue weighted by Gasteiger charge is -2.43. The van der Waals surface area contributed by atoms with Gasteiger partial charge in [-0.15, -0.1) is 0 Å². The summed E-state index contributed by atoms with van der Waals surface area (Å²) in [6.45, 7) is 14.4. The molecule has 0 atom stereocenters. The predicted molar refractivity (Wildman–Crippen MR) is 153 cm³/mol. The first kappa shape index (κ1) is 24.4. The monoisotopic (exact) mass is 490 g/mol. The summed E-state index contributed by atoms with van der Waals surface area (Å²) in [5.41, 5.74) is 5.93. The molecule has 1 aliphatic rings. The highest BCUT2D eigenvalue weighted by Crippen LogP contribution is 2.41. The fraction of sp³-hybridized carbons (Fsp3) is 0.273. The molecular formula is C33H34O2Si. The second-order valence-electron chi connectivity index (χ2n) is 11.1. The van der Waals surface area contributed by atoms with E-state index in [1.807, 2.05) is 30.3 Å². The highest BCUT2D eigenvalue weighted by molar-refractivity contribution is 6.95. The van der Waals surface area contributed by atoms with E-state index in [1.54, 1.807) is 12.1 Å². The summed E-state index contributed by atoms with van der Waals surface area (Å²) in [6, 6.07) is 26.4. The first-order chi connectivity index (χ1) is 17.2. The first-order valence-electron chi connectivity index (χ1n) is 13.0. The van der Waals surface area contributed by atoms with Crippen LogP contribution in [0, 0.1) is 0 Å². The summed E-state index contributed by atoms with van der Waals surface area (Å²) >= 11 is 0. The van der Waals surface area contributed by atoms with Crippen LogP contribution in [0.2, 0.25) is 16.6 Å². The van der Waals surface area contributed by atoms with Crippen LogP contribution in [0.15, 0.2) is 78.9 Å². The van der Waals surface area contributed by atoms with Crippen molar-refractivity contribution in [3.63, 3.8) is 0 Å². The summed E-state index contributed by atoms with van der Waals surface area (Å²) < 4.78 is 0. The Hall–Kier alpha value is -3.30. The van der Waals surface area contributed by atoms with E-state index in [1.165, 1.54) is 16.0 Å². The van der Waals surface area contributed by atoms with E-state index < -0.39 is 8.07 Å². The SMILES string of the molecule is CC(C)[Si](c1ccc2ccc(-c3ccc4c(c3)C(=O)c3ccccc3C4=O)cc2c1)(C(C)C)C(C)C. The fourth-order valence-corrected chi connectivity index (χ4v) is 13.8. The van der Waals surface area contributed by atoms with E-state index in [4.69, 9.17) is 0 Å². The second kappa shape index (κ2) is 8.97. The van der Waals surface area contributed by atoms with Crippen molar-refractivity contribution in [1.29, 1.82) is 0 Å². The molecule has 0 bridgehead atoms. The van der Waals surface area contributed by atoms with Gasteiger partial charge in [-0.25, -0.2) is 0 Å². The number of hydrogen-bond donors (Lipinski definition) is 0. The van der Waals surface area contributed by atoms with E-state index in [0.29, 0.717) is 38.9 Å². The van der Waals surface area contributed by atoms with Crippen LogP contribution in [-0.2, 0) is 0 Å². The van der Waals surface area contributed by atoms with Crippen LogP contribution in [0.4, 0.5) is 0 Å². The van der Waals surface area contributed by atoms with Crippen LogP contribution >= 0.6 is 0 Å². The van der Waals surface area contributed by atoms with Gasteiger partial charge in [-0.1, -0.05) is 107 Å². The van der Waals surface area contributed by atoms with Gasteiger partial charge in [-0.05, 0) is 56.7 Å². The lowest BCUT2D eigenvalue weighted by atomic mass is 9.83. The molecule has 0 saturated heterocycles. The normalized spacial score (nSPS) is 13.6. The highest BCUT2D eigenvalue weighted by Gasteiger charge is 2.44. The Balaban J connectivity index is 1.62. The average molecular weight is 491 g/mol. The number of carbonyl (C=O) groups excluding carboxylic acids is 2. The summed E-state index contributed by atoms with van der Waals surface area (Å²) in [5.74, 6) is -0.154. The van der Waals surface area contributed by atoms with Crippen molar-refractivity contribution in [3.8, 4) is 11.1 Å². The molecule has 2 nitrogen and oxygen atoms in total. The number of rotatable bonds is 5. The molecule has 0 heterocycles. The maximum Gasteiger partial charge on any atom is 0.194 e. The van der Waals surface area contributed by atoms with E-state index in [2.05, 4.69) is 77.9 Å². The average Bonchev–Trinajstić information content (AvgIpc) is 2.86. The van der Waals surface area contributed by atoms with Gasteiger partial charge in [0.25, 0.3) is 0 Å². The fourth-order valence-electron chi connectivity index (χ4n) is 6.97. The minimum absolute atomic E-state index is 0.0766. The van der Waals surface area contributed by atoms with Crippen LogP contribution in [0.5, 0.6) is 0 Å². The molecule has 3 heteroatoms. The van der Waals surface area contributed by atoms with Crippen molar-refractivity contribution in [2.24, 2.45) is 0 Å². The third-order valence-electron chi connectivity index (χ3n) is 8.46. The largest absolute Gasteiger partial charge is 0.289 e. The van der Waals surface area contributed by atoms with Gasteiger partial charge in [-0.2, -0.15) is 0 Å². The number of benzene rings is 4. The minimum atomic E-state index is -1.77. The Kier molecular flexibility index (Phi) is 6.08. The van der Waals surface area contributed by atoms with Gasteiger partial charge in [0.05, 0.1) is 8.07 Å². The molecule has 0 aromatic heterocycles. The molecule has 0 aliphatic heterocycles. The molecule has 5 rings (SSSR count). The molecule has 0 spiro atoms. The van der Waals surface area contributed by atoms with Gasteiger partial charge in [0.2, 0.25) is 0 Å². The van der Waals surface area contributed by atoms with Gasteiger partial charge < -0.3 is 0 Å². The van der Waals surface area contributed by atoms with E-state index in [-0.39, 0.29) is 11.6 Å². The molecule has 4 aromatic carbocycles. The van der Waals surface area contributed by atoms with Crippen LogP contribution in [-0.4, -0.2) is 19.6 Å². The molecular weight excluding hydrogens is 456 g/mol. The Morgan fingerprint density at radius 1 is 0.500 bits per heavy atom. The van der Waals surface area contributed by atoms with Crippen molar-refractivity contribution in [2.45, 2.75) is 58.2 Å². The molecule has 0 radical (unpaired) electrons. The molecule has 0 unspecified atom stereocenters. The number of hydrogen-bond acceptors (Lipinski definition) is 2. The molecule has 182 valence electrons. The van der Waals surface area contributed by atoms with Crippen LogP contribution in [0.3, 0.4) is 0 Å². The lowest BCUT2D eigenvalue weighted by molar-refractivity contribution is 0.0979. The highest BCUT2D eigenvalue weighted by atomic mass is 28.3. The van der Waals surface area contributed by atoms with Crippen molar-refractivity contribution >= 4 is 35.6 Å². The van der Waals surface area contributed by atoms with Crippen molar-refractivity contribution in [1.82, 2.24) is 0 Å². The van der Waals surface area contributed by atoms with Crippen molar-refractivity contribution in [3.05, 3.63) is 101 Å². The smallest absolute Gasteiger partial charge is 0.194 e. The molecule has 1 aliphatic carbocycles. The Morgan fingerprint density at radius 2 is 1.00 bits per heavy atom. The summed E-state index contributed by atoms with van der Waals surface area (Å²) in [7, 11) is -1.77. The Bertz CT molecular complexity index is 1490. The van der Waals surface area contributed by atoms with Crippen molar-refractivity contribution in [2.75, 3.05) is 0 Å². The van der Waals surface area contributed by atoms with Gasteiger partial charge in [0, 0.05) is 22.3 Å². The zero-order valence-corrected chi connectivity index (χ0v) is 23.1. The molecule has 0 fully saturated rings. The lowest BCUT2D eigenvalue weighted by Crippen LogP contribution is -2.55. The maximum absolute atomic E-state index is 13.2. The van der Waals surface area contributed by atoms with Crippen LogP contribution in [0.25, 0.3) is 21.9 Å². The van der Waals surface area contributed by atoms with Crippen LogP contribution < -0.4 is 5.19 Å². The van der Waals surface area contributed by atoms with E-state index in [9.17, 15) is 9.59 Å². The summed E-state index contributed by atoms with van der Waals surface area (Å²) in [5, 5.41) is 3.98. The maximum atomic E-state index is 13.2. The minimum Gasteiger partial charge on any atom is -0.289 e. The van der Waals surface area contributed by atoms with E-state index in [0.717, 1.165) is 11.1 Å². The van der Waals surface area contributed by atoms with Gasteiger partial charge in [0.15, 0.2) is 11.6 Å². The third-order valence-corrected chi connectivity index (χ3v) is 15.5. The topological polar surface area (TPSA) is 34.1 Å². The zero-order chi connectivity index (χ0) is 25.8. The van der Waals surface area contributed by atoms with Crippen LogP contribution in [0.1, 0.15) is 73.4 Å². The van der Waals surface area contributed by atoms with Gasteiger partial charge in [0.1, 0.15) is 0 Å². The molecule has 0 N–H and O–H groups in total. The quantitative estimate of drug-likeness (QED) is 0.233. The number of ketones is 2. The summed E-state index contributed by atoms with van der Waals surface area (Å²) in [6.07, 6.45) is 0.